The van der Waals surface area contributed by atoms with E-state index in [0.717, 1.165) is 28.7 Å². The van der Waals surface area contributed by atoms with Gasteiger partial charge in [-0.3, -0.25) is 18.9 Å². The number of hydrogen-bond donors (Lipinski definition) is 4. The van der Waals surface area contributed by atoms with Crippen molar-refractivity contribution in [3.8, 4) is 0 Å². The van der Waals surface area contributed by atoms with Crippen LogP contribution in [0.1, 0.15) is 6.23 Å². The molecule has 4 atom stereocenters. The summed E-state index contributed by atoms with van der Waals surface area (Å²) in [6.07, 6.45) is -4.46. The van der Waals surface area contributed by atoms with E-state index in [4.69, 9.17) is 16.5 Å². The Balaban J connectivity index is 2.25. The predicted octanol–water partition coefficient (Wildman–Crippen LogP) is -1.38. The Morgan fingerprint density at radius 3 is 2.65 bits per heavy atom. The highest BCUT2D eigenvalue weighted by Crippen LogP contribution is 2.46. The molecule has 128 valence electrons. The van der Waals surface area contributed by atoms with Crippen LogP contribution in [0.25, 0.3) is 0 Å². The normalized spacial score (nSPS) is 28.5. The van der Waals surface area contributed by atoms with Crippen LogP contribution < -0.4 is 23.0 Å². The van der Waals surface area contributed by atoms with E-state index in [1.165, 1.54) is 0 Å². The maximum atomic E-state index is 14.1. The number of aromatic nitrogens is 2. The Hall–Kier alpha value is -1.66. The summed E-state index contributed by atoms with van der Waals surface area (Å²) < 4.78 is 39.8. The summed E-state index contributed by atoms with van der Waals surface area (Å²) in [4.78, 5) is 24.6. The van der Waals surface area contributed by atoms with Crippen LogP contribution in [0.15, 0.2) is 33.7 Å². The molecule has 6 N–H and O–H groups in total. The number of nitrogens with one attached hydrogen (secondary N) is 1. The largest absolute Gasteiger partial charge is 0.387 e. The number of hydrogen-bond acceptors (Lipinski definition) is 9. The number of nitrogens with two attached hydrogens (primary N) is 2. The van der Waals surface area contributed by atoms with Crippen molar-refractivity contribution in [3.05, 3.63) is 45.0 Å². The number of ether oxygens (including phenoxy) is 1. The van der Waals surface area contributed by atoms with E-state index in [2.05, 4.69) is 9.25 Å². The first-order valence-electron chi connectivity index (χ1n) is 6.16. The van der Waals surface area contributed by atoms with Crippen LogP contribution >= 0.6 is 7.60 Å². The van der Waals surface area contributed by atoms with E-state index in [9.17, 15) is 23.7 Å². The molecule has 0 bridgehead atoms. The molecule has 0 saturated carbocycles. The second-order valence-electron chi connectivity index (χ2n) is 4.54. The van der Waals surface area contributed by atoms with Gasteiger partial charge in [0.1, 0.15) is 12.2 Å². The van der Waals surface area contributed by atoms with Gasteiger partial charge in [0.2, 0.25) is 0 Å². The molecular weight excluding hydrogens is 338 g/mol. The van der Waals surface area contributed by atoms with Gasteiger partial charge in [-0.25, -0.2) is 30.2 Å². The van der Waals surface area contributed by atoms with Gasteiger partial charge >= 0.3 is 13.3 Å². The van der Waals surface area contributed by atoms with Crippen LogP contribution in [0.3, 0.4) is 0 Å². The van der Waals surface area contributed by atoms with Crippen LogP contribution in [0.5, 0.6) is 0 Å². The Bertz CT molecular complexity index is 741. The minimum Gasteiger partial charge on any atom is -0.387 e. The summed E-state index contributed by atoms with van der Waals surface area (Å²) in [7, 11) is -3.94. The van der Waals surface area contributed by atoms with Crippen molar-refractivity contribution >= 4 is 7.60 Å². The zero-order valence-electron chi connectivity index (χ0n) is 11.4. The molecule has 0 amide bonds. The first-order valence-corrected chi connectivity index (χ1v) is 7.77. The van der Waals surface area contributed by atoms with Gasteiger partial charge in [0.05, 0.1) is 0 Å². The first kappa shape index (κ1) is 17.7. The maximum absolute atomic E-state index is 14.1. The molecule has 1 fully saturated rings. The number of alkyl halides is 1. The Labute approximate surface area is 127 Å². The van der Waals surface area contributed by atoms with Crippen LogP contribution in [0.4, 0.5) is 4.39 Å². The molecule has 13 heteroatoms. The third kappa shape index (κ3) is 3.64. The second-order valence-corrected chi connectivity index (χ2v) is 6.34. The molecule has 11 nitrogen and oxygen atoms in total. The quantitative estimate of drug-likeness (QED) is 0.368. The molecule has 2 heterocycles. The monoisotopic (exact) mass is 352 g/mol. The van der Waals surface area contributed by atoms with Crippen molar-refractivity contribution < 1.29 is 28.0 Å². The molecular formula is C10H14FN4O7P. The molecule has 0 unspecified atom stereocenters. The van der Waals surface area contributed by atoms with E-state index in [-0.39, 0.29) is 0 Å². The molecule has 23 heavy (non-hydrogen) atoms. The fraction of sp³-hybridized carbons (Fsp3) is 0.400. The smallest absolute Gasteiger partial charge is 0.386 e. The molecule has 1 saturated heterocycles. The number of halogens is 1. The average Bonchev–Trinajstić information content (AvgIpc) is 2.81. The minimum absolute atomic E-state index is 0.669. The SMILES string of the molecule is NOP(=O)(C=C[C@H]1O[C@@H](n2ccc(=O)[nH]c2=O)[C@H](F)[C@@H]1O)ON. The van der Waals surface area contributed by atoms with Crippen LogP contribution in [0, 0.1) is 0 Å². The number of rotatable bonds is 5. The van der Waals surface area contributed by atoms with Crippen LogP contribution in [-0.2, 0) is 18.6 Å². The Kier molecular flexibility index (Phi) is 5.26. The van der Waals surface area contributed by atoms with Crippen LogP contribution in [0.2, 0.25) is 0 Å². The summed E-state index contributed by atoms with van der Waals surface area (Å²) in [5, 5.41) is 9.80. The van der Waals surface area contributed by atoms with E-state index in [1.54, 1.807) is 0 Å². The molecule has 0 aliphatic carbocycles. The topological polar surface area (TPSA) is 172 Å². The summed E-state index contributed by atoms with van der Waals surface area (Å²) in [5.41, 5.74) is -1.58. The second kappa shape index (κ2) is 6.84. The molecule has 1 aromatic heterocycles. The molecule has 0 aromatic carbocycles. The van der Waals surface area contributed by atoms with Gasteiger partial charge in [-0.05, 0) is 6.08 Å². The lowest BCUT2D eigenvalue weighted by molar-refractivity contribution is -0.00701. The number of aliphatic hydroxyl groups excluding tert-OH is 1. The third-order valence-corrected chi connectivity index (χ3v) is 4.23. The standard InChI is InChI=1S/C10H14FN4O7P/c11-7-8(17)5(2-4-23(19,21-12)22-13)20-9(7)15-3-1-6(16)14-10(15)18/h1-5,7-9,17H,12-13H2,(H,14,16,18)/t5-,7-,8-,9-/m1/s1. The Morgan fingerprint density at radius 1 is 1.43 bits per heavy atom. The van der Waals surface area contributed by atoms with Crippen molar-refractivity contribution in [1.82, 2.24) is 9.55 Å². The molecule has 1 aromatic rings. The minimum atomic E-state index is -3.94. The fourth-order valence-corrected chi connectivity index (χ4v) is 2.53. The van der Waals surface area contributed by atoms with Gasteiger partial charge < -0.3 is 9.84 Å². The van der Waals surface area contributed by atoms with Crippen LogP contribution in [-0.4, -0.2) is 33.0 Å². The van der Waals surface area contributed by atoms with Crippen molar-refractivity contribution in [1.29, 1.82) is 0 Å². The zero-order valence-corrected chi connectivity index (χ0v) is 12.3. The lowest BCUT2D eigenvalue weighted by Gasteiger charge is -2.15. The van der Waals surface area contributed by atoms with Gasteiger partial charge in [0.25, 0.3) is 5.56 Å². The molecule has 0 spiro atoms. The lowest BCUT2D eigenvalue weighted by atomic mass is 10.1. The highest BCUT2D eigenvalue weighted by Gasteiger charge is 2.44. The Morgan fingerprint density at radius 2 is 2.09 bits per heavy atom. The highest BCUT2D eigenvalue weighted by atomic mass is 31.2. The van der Waals surface area contributed by atoms with E-state index in [0.29, 0.717) is 0 Å². The van der Waals surface area contributed by atoms with Gasteiger partial charge in [0.15, 0.2) is 12.4 Å². The zero-order chi connectivity index (χ0) is 17.2. The van der Waals surface area contributed by atoms with Crippen molar-refractivity contribution in [2.75, 3.05) is 0 Å². The predicted molar refractivity (Wildman–Crippen MR) is 73.4 cm³/mol. The molecule has 0 radical (unpaired) electrons. The summed E-state index contributed by atoms with van der Waals surface area (Å²) >= 11 is 0. The van der Waals surface area contributed by atoms with Gasteiger partial charge in [-0.15, -0.1) is 0 Å². The number of nitrogens with zero attached hydrogens (tertiary/aromatic N) is 1. The van der Waals surface area contributed by atoms with E-state index in [1.807, 2.05) is 4.98 Å². The summed E-state index contributed by atoms with van der Waals surface area (Å²) in [5.74, 6) is 10.3. The first-order chi connectivity index (χ1) is 10.8. The van der Waals surface area contributed by atoms with Gasteiger partial charge in [0, 0.05) is 18.1 Å². The number of aromatic amines is 1. The van der Waals surface area contributed by atoms with Gasteiger partial charge in [-0.1, -0.05) is 0 Å². The summed E-state index contributed by atoms with van der Waals surface area (Å²) in [6, 6.07) is 0.992. The van der Waals surface area contributed by atoms with Crippen molar-refractivity contribution in [2.45, 2.75) is 24.6 Å². The van der Waals surface area contributed by atoms with E-state index < -0.39 is 43.5 Å². The van der Waals surface area contributed by atoms with E-state index >= 15 is 0 Å². The highest BCUT2D eigenvalue weighted by molar-refractivity contribution is 7.57. The fourth-order valence-electron chi connectivity index (χ4n) is 1.96. The number of aliphatic hydroxyl groups is 1. The third-order valence-electron chi connectivity index (χ3n) is 3.11. The lowest BCUT2D eigenvalue weighted by Crippen LogP contribution is -2.35. The molecule has 2 rings (SSSR count). The van der Waals surface area contributed by atoms with Crippen molar-refractivity contribution in [2.24, 2.45) is 11.8 Å². The van der Waals surface area contributed by atoms with Gasteiger partial charge in [-0.2, -0.15) is 0 Å². The molecule has 1 aliphatic heterocycles. The molecule has 1 aliphatic rings. The maximum Gasteiger partial charge on any atom is 0.386 e. The summed E-state index contributed by atoms with van der Waals surface area (Å²) in [6.45, 7) is 0. The number of H-pyrrole nitrogens is 1. The van der Waals surface area contributed by atoms with Crippen molar-refractivity contribution in [3.63, 3.8) is 0 Å². The average molecular weight is 352 g/mol.